The second-order valence-electron chi connectivity index (χ2n) is 5.97. The molecule has 130 valence electrons. The Hall–Kier alpha value is -1.41. The molecule has 2 aromatic heterocycles. The molecule has 1 saturated carbocycles. The maximum atomic E-state index is 12.5. The molecule has 9 heteroatoms. The van der Waals surface area contributed by atoms with Crippen molar-refractivity contribution in [3.05, 3.63) is 28.7 Å². The molecule has 0 aliphatic heterocycles. The minimum absolute atomic E-state index is 0.0294. The predicted molar refractivity (Wildman–Crippen MR) is 88.2 cm³/mol. The number of aromatic nitrogens is 4. The first kappa shape index (κ1) is 13.8. The topological polar surface area (TPSA) is 52.8 Å². The summed E-state index contributed by atoms with van der Waals surface area (Å²) in [5, 5.41) is 7.92. The molecule has 0 spiro atoms. The highest BCUT2D eigenvalue weighted by Crippen LogP contribution is 2.52. The average Bonchev–Trinajstić information content (AvgIpc) is 2.91. The van der Waals surface area contributed by atoms with Gasteiger partial charge in [-0.15, -0.1) is 22.8 Å². The monoisotopic (exact) mass is 377 g/mol. The van der Waals surface area contributed by atoms with Crippen LogP contribution in [0.4, 0.5) is 8.78 Å². The molecular weight excluding hydrogens is 358 g/mol. The number of ether oxygens (including phenoxy) is 1. The van der Waals surface area contributed by atoms with E-state index in [9.17, 15) is 8.78 Å². The smallest absolute Gasteiger partial charge is 0.272 e. The van der Waals surface area contributed by atoms with Gasteiger partial charge < -0.3 is 9.30 Å². The van der Waals surface area contributed by atoms with E-state index in [-0.39, 0.29) is 22.0 Å². The molecule has 0 radical (unpaired) electrons. The van der Waals surface area contributed by atoms with Gasteiger partial charge in [0.1, 0.15) is 11.0 Å². The average molecular weight is 378 g/mol. The molecular formula is C15H17ClF2N4OS. The van der Waals surface area contributed by atoms with Gasteiger partial charge in [-0.25, -0.2) is 13.8 Å². The van der Waals surface area contributed by atoms with Crippen LogP contribution < -0.4 is 4.74 Å². The Morgan fingerprint density at radius 3 is 2.88 bits per heavy atom. The second-order valence-corrected chi connectivity index (χ2v) is 6.76. The lowest BCUT2D eigenvalue weighted by Crippen LogP contribution is -2.43. The number of thiol groups is 1. The normalized spacial score (nSPS) is 25.8. The van der Waals surface area contributed by atoms with E-state index in [2.05, 4.69) is 27.8 Å². The molecule has 1 aliphatic rings. The minimum Gasteiger partial charge on any atom is -0.472 e. The van der Waals surface area contributed by atoms with Crippen LogP contribution in [0.15, 0.2) is 17.3 Å². The Morgan fingerprint density at radius 2 is 2.25 bits per heavy atom. The Morgan fingerprint density at radius 1 is 1.50 bits per heavy atom. The molecule has 0 aromatic carbocycles. The fraction of sp³-hybridized carbons (Fsp3) is 0.533. The molecule has 24 heavy (non-hydrogen) atoms. The minimum atomic E-state index is -2.66. The van der Waals surface area contributed by atoms with Crippen molar-refractivity contribution in [2.45, 2.75) is 36.8 Å². The van der Waals surface area contributed by atoms with E-state index in [1.807, 2.05) is 6.92 Å². The summed E-state index contributed by atoms with van der Waals surface area (Å²) in [6.07, 6.45) is -1.48. The third-order valence-corrected chi connectivity index (χ3v) is 4.63. The summed E-state index contributed by atoms with van der Waals surface area (Å²) in [4.78, 5) is 3.91. The van der Waals surface area contributed by atoms with E-state index in [1.165, 1.54) is 6.07 Å². The number of alkyl halides is 2. The van der Waals surface area contributed by atoms with Gasteiger partial charge >= 0.3 is 0 Å². The van der Waals surface area contributed by atoms with Gasteiger partial charge in [0.2, 0.25) is 5.88 Å². The Balaban J connectivity index is 2.10. The molecule has 5 nitrogen and oxygen atoms in total. The lowest BCUT2D eigenvalue weighted by Gasteiger charge is -2.46. The number of rotatable bonds is 5. The predicted octanol–water partition coefficient (Wildman–Crippen LogP) is 3.51. The van der Waals surface area contributed by atoms with Crippen molar-refractivity contribution in [2.24, 2.45) is 12.9 Å². The van der Waals surface area contributed by atoms with Gasteiger partial charge in [0.25, 0.3) is 6.43 Å². The first-order chi connectivity index (χ1) is 12.5. The SMILES string of the molecule is [2H]C([2H])([2H])n1c(S)nnc1C1(c2cc(Cl)nc(OCC(F)F)c2)CC(C)C1. The van der Waals surface area contributed by atoms with Crippen LogP contribution >= 0.6 is 24.2 Å². The Bertz CT molecular complexity index is 843. The number of pyridine rings is 1. The standard InChI is InChI=1S/C15H17ClF2N4OS/c1-8-5-15(6-8,13-20-21-14(24)22(13)2)9-3-10(16)19-12(4-9)23-7-11(17)18/h3-4,8,11H,5-7H2,1-2H3,(H,21,24)/i2D3. The van der Waals surface area contributed by atoms with Gasteiger partial charge in [-0.05, 0) is 30.4 Å². The summed E-state index contributed by atoms with van der Waals surface area (Å²) in [7, 11) is 0. The zero-order valence-corrected chi connectivity index (χ0v) is 14.4. The highest BCUT2D eigenvalue weighted by Gasteiger charge is 2.48. The van der Waals surface area contributed by atoms with Crippen molar-refractivity contribution in [2.75, 3.05) is 6.61 Å². The maximum absolute atomic E-state index is 12.5. The lowest BCUT2D eigenvalue weighted by atomic mass is 9.58. The van der Waals surface area contributed by atoms with Crippen LogP contribution in [-0.4, -0.2) is 32.8 Å². The van der Waals surface area contributed by atoms with Gasteiger partial charge in [0, 0.05) is 17.2 Å². The van der Waals surface area contributed by atoms with Crippen molar-refractivity contribution in [3.8, 4) is 5.88 Å². The van der Waals surface area contributed by atoms with Crippen LogP contribution in [0.2, 0.25) is 5.15 Å². The van der Waals surface area contributed by atoms with Gasteiger partial charge in [0.15, 0.2) is 11.8 Å². The van der Waals surface area contributed by atoms with Crippen LogP contribution in [0.3, 0.4) is 0 Å². The van der Waals surface area contributed by atoms with Crippen LogP contribution in [0, 0.1) is 5.92 Å². The van der Waals surface area contributed by atoms with Gasteiger partial charge in [-0.2, -0.15) is 0 Å². The van der Waals surface area contributed by atoms with Crippen LogP contribution in [0.1, 0.15) is 35.3 Å². The summed E-state index contributed by atoms with van der Waals surface area (Å²) in [5.74, 6) is 0.475. The van der Waals surface area contributed by atoms with Crippen molar-refractivity contribution in [1.29, 1.82) is 0 Å². The lowest BCUT2D eigenvalue weighted by molar-refractivity contribution is 0.0793. The number of hydrogen-bond donors (Lipinski definition) is 1. The number of hydrogen-bond acceptors (Lipinski definition) is 5. The third-order valence-electron chi connectivity index (χ3n) is 4.15. The van der Waals surface area contributed by atoms with Crippen LogP contribution in [0.5, 0.6) is 5.88 Å². The second kappa shape index (κ2) is 6.48. The molecule has 2 aromatic rings. The highest BCUT2D eigenvalue weighted by atomic mass is 35.5. The van der Waals surface area contributed by atoms with Gasteiger partial charge in [-0.3, -0.25) is 0 Å². The summed E-state index contributed by atoms with van der Waals surface area (Å²) in [5.41, 5.74) is -0.201. The summed E-state index contributed by atoms with van der Waals surface area (Å²) >= 11 is 10.2. The Kier molecular flexibility index (Phi) is 3.73. The van der Waals surface area contributed by atoms with Gasteiger partial charge in [0.05, 0.1) is 5.41 Å². The highest BCUT2D eigenvalue weighted by molar-refractivity contribution is 7.80. The molecule has 0 atom stereocenters. The fourth-order valence-corrected chi connectivity index (χ4v) is 3.58. The number of nitrogens with zero attached hydrogens (tertiary/aromatic N) is 4. The van der Waals surface area contributed by atoms with Crippen LogP contribution in [-0.2, 0) is 12.4 Å². The van der Waals surface area contributed by atoms with Crippen molar-refractivity contribution in [1.82, 2.24) is 19.7 Å². The van der Waals surface area contributed by atoms with Crippen molar-refractivity contribution >= 4 is 24.2 Å². The molecule has 1 fully saturated rings. The molecule has 0 unspecified atom stereocenters. The zero-order chi connectivity index (χ0) is 20.0. The number of halogens is 3. The zero-order valence-electron chi connectivity index (χ0n) is 15.7. The molecule has 2 heterocycles. The van der Waals surface area contributed by atoms with E-state index >= 15 is 0 Å². The molecule has 0 bridgehead atoms. The first-order valence-electron chi connectivity index (χ1n) is 8.77. The molecule has 0 saturated heterocycles. The van der Waals surface area contributed by atoms with Crippen molar-refractivity contribution in [3.63, 3.8) is 0 Å². The van der Waals surface area contributed by atoms with E-state index in [4.69, 9.17) is 20.5 Å². The molecule has 1 aliphatic carbocycles. The first-order valence-corrected chi connectivity index (χ1v) is 8.10. The molecule has 3 rings (SSSR count). The summed E-state index contributed by atoms with van der Waals surface area (Å²) < 4.78 is 54.3. The van der Waals surface area contributed by atoms with E-state index in [0.29, 0.717) is 24.3 Å². The Labute approximate surface area is 153 Å². The van der Waals surface area contributed by atoms with E-state index in [0.717, 1.165) is 4.57 Å². The van der Waals surface area contributed by atoms with E-state index < -0.39 is 25.4 Å². The maximum Gasteiger partial charge on any atom is 0.272 e. The third kappa shape index (κ3) is 3.09. The van der Waals surface area contributed by atoms with E-state index in [1.54, 1.807) is 6.07 Å². The largest absolute Gasteiger partial charge is 0.472 e. The van der Waals surface area contributed by atoms with Gasteiger partial charge in [-0.1, -0.05) is 18.5 Å². The fourth-order valence-electron chi connectivity index (χ4n) is 3.23. The van der Waals surface area contributed by atoms with Crippen molar-refractivity contribution < 1.29 is 17.6 Å². The summed E-state index contributed by atoms with van der Waals surface area (Å²) in [6.45, 7) is -1.32. The molecule has 0 N–H and O–H groups in total. The van der Waals surface area contributed by atoms with Crippen LogP contribution in [0.25, 0.3) is 0 Å². The molecule has 0 amide bonds. The summed E-state index contributed by atoms with van der Waals surface area (Å²) in [6, 6.07) is 3.07. The quantitative estimate of drug-likeness (QED) is 0.640.